The highest BCUT2D eigenvalue weighted by Gasteiger charge is 2.21. The van der Waals surface area contributed by atoms with Crippen LogP contribution in [-0.2, 0) is 22.8 Å². The second-order valence-corrected chi connectivity index (χ2v) is 9.30. The van der Waals surface area contributed by atoms with E-state index >= 15 is 0 Å². The summed E-state index contributed by atoms with van der Waals surface area (Å²) in [5, 5.41) is 11.0. The van der Waals surface area contributed by atoms with E-state index in [1.807, 2.05) is 4.57 Å². The summed E-state index contributed by atoms with van der Waals surface area (Å²) in [7, 11) is -3.61. The molecule has 4 rings (SSSR count). The zero-order valence-electron chi connectivity index (χ0n) is 16.4. The molecule has 2 aromatic carbocycles. The number of benzene rings is 2. The Morgan fingerprint density at radius 3 is 2.70 bits per heavy atom. The van der Waals surface area contributed by atoms with Gasteiger partial charge in [-0.05, 0) is 43.2 Å². The van der Waals surface area contributed by atoms with Gasteiger partial charge in [-0.2, -0.15) is 0 Å². The number of hydrogen-bond donors (Lipinski definition) is 1. The van der Waals surface area contributed by atoms with Crippen molar-refractivity contribution in [2.45, 2.75) is 37.1 Å². The molecule has 3 aromatic rings. The molecule has 7 nitrogen and oxygen atoms in total. The molecular weight excluding hydrogens is 407 g/mol. The molecule has 1 aliphatic rings. The molecule has 0 aliphatic carbocycles. The van der Waals surface area contributed by atoms with Crippen LogP contribution in [0.1, 0.15) is 35.4 Å². The van der Waals surface area contributed by atoms with Gasteiger partial charge in [0.2, 0.25) is 0 Å². The number of rotatable bonds is 4. The molecule has 1 N–H and O–H groups in total. The van der Waals surface area contributed by atoms with E-state index in [1.165, 1.54) is 30.3 Å². The van der Waals surface area contributed by atoms with Gasteiger partial charge in [0.15, 0.2) is 15.7 Å². The topological polar surface area (TPSA) is 93.9 Å². The van der Waals surface area contributed by atoms with Gasteiger partial charge < -0.3 is 9.88 Å². The van der Waals surface area contributed by atoms with Crippen LogP contribution in [-0.4, -0.2) is 35.3 Å². The Labute approximate surface area is 173 Å². The molecule has 1 aliphatic heterocycles. The first kappa shape index (κ1) is 20.2. The fourth-order valence-electron chi connectivity index (χ4n) is 3.63. The minimum absolute atomic E-state index is 0.0406. The van der Waals surface area contributed by atoms with Gasteiger partial charge in [0.05, 0.1) is 16.1 Å². The third-order valence-electron chi connectivity index (χ3n) is 5.11. The molecule has 30 heavy (non-hydrogen) atoms. The first-order valence-corrected chi connectivity index (χ1v) is 11.6. The van der Waals surface area contributed by atoms with Gasteiger partial charge in [-0.25, -0.2) is 12.8 Å². The van der Waals surface area contributed by atoms with Crippen molar-refractivity contribution in [3.05, 3.63) is 59.7 Å². The lowest BCUT2D eigenvalue weighted by molar-refractivity contribution is 0.102. The van der Waals surface area contributed by atoms with Crippen LogP contribution in [0.25, 0.3) is 11.4 Å². The highest BCUT2D eigenvalue weighted by molar-refractivity contribution is 7.90. The van der Waals surface area contributed by atoms with Crippen molar-refractivity contribution in [1.29, 1.82) is 0 Å². The van der Waals surface area contributed by atoms with Crippen LogP contribution in [0.2, 0.25) is 0 Å². The Morgan fingerprint density at radius 2 is 1.90 bits per heavy atom. The van der Waals surface area contributed by atoms with Crippen LogP contribution in [0, 0.1) is 5.82 Å². The van der Waals surface area contributed by atoms with Gasteiger partial charge in [0, 0.05) is 24.8 Å². The standard InChI is InChI=1S/C21H21FN4O3S/c1-30(28,29)18-8-5-4-7-15(18)21(27)23-17-13-14(10-11-16(17)22)20-25-24-19-9-3-2-6-12-26(19)20/h4-5,7-8,10-11,13H,2-3,6,9,12H2,1H3,(H,23,27). The summed E-state index contributed by atoms with van der Waals surface area (Å²) < 4.78 is 40.4. The zero-order chi connectivity index (χ0) is 21.3. The lowest BCUT2D eigenvalue weighted by Crippen LogP contribution is -2.17. The molecule has 0 unspecified atom stereocenters. The van der Waals surface area contributed by atoms with Crippen LogP contribution in [0.4, 0.5) is 10.1 Å². The molecule has 0 saturated carbocycles. The van der Waals surface area contributed by atoms with Gasteiger partial charge in [0.25, 0.3) is 5.91 Å². The maximum absolute atomic E-state index is 14.5. The van der Waals surface area contributed by atoms with E-state index in [2.05, 4.69) is 15.5 Å². The number of aromatic nitrogens is 3. The molecule has 0 fully saturated rings. The monoisotopic (exact) mass is 428 g/mol. The quantitative estimate of drug-likeness (QED) is 0.687. The molecule has 0 atom stereocenters. The van der Waals surface area contributed by atoms with Crippen LogP contribution < -0.4 is 5.32 Å². The second kappa shape index (κ2) is 7.98. The summed E-state index contributed by atoms with van der Waals surface area (Å²) >= 11 is 0. The number of fused-ring (bicyclic) bond motifs is 1. The maximum Gasteiger partial charge on any atom is 0.257 e. The highest BCUT2D eigenvalue weighted by atomic mass is 32.2. The summed E-state index contributed by atoms with van der Waals surface area (Å²) in [5.41, 5.74) is 0.539. The normalized spacial score (nSPS) is 14.1. The third-order valence-corrected chi connectivity index (χ3v) is 6.27. The number of amides is 1. The van der Waals surface area contributed by atoms with Crippen molar-refractivity contribution in [2.24, 2.45) is 0 Å². The SMILES string of the molecule is CS(=O)(=O)c1ccccc1C(=O)Nc1cc(-c2nnc3n2CCCCC3)ccc1F. The van der Waals surface area contributed by atoms with E-state index in [0.717, 1.165) is 44.3 Å². The van der Waals surface area contributed by atoms with Crippen LogP contribution in [0.3, 0.4) is 0 Å². The van der Waals surface area contributed by atoms with Gasteiger partial charge >= 0.3 is 0 Å². The molecule has 0 radical (unpaired) electrons. The summed E-state index contributed by atoms with van der Waals surface area (Å²) in [5.74, 6) is 0.199. The van der Waals surface area contributed by atoms with Gasteiger partial charge in [-0.3, -0.25) is 4.79 Å². The molecule has 1 aromatic heterocycles. The number of halogens is 1. The summed E-state index contributed by atoms with van der Waals surface area (Å²) in [6.45, 7) is 0.790. The van der Waals surface area contributed by atoms with E-state index in [0.29, 0.717) is 11.4 Å². The predicted octanol–water partition coefficient (Wildman–Crippen LogP) is 3.47. The summed E-state index contributed by atoms with van der Waals surface area (Å²) in [6, 6.07) is 10.2. The minimum Gasteiger partial charge on any atom is -0.319 e. The zero-order valence-corrected chi connectivity index (χ0v) is 17.2. The van der Waals surface area contributed by atoms with Crippen LogP contribution in [0.15, 0.2) is 47.4 Å². The summed E-state index contributed by atoms with van der Waals surface area (Å²) in [6.07, 6.45) is 5.07. The molecule has 0 bridgehead atoms. The Hall–Kier alpha value is -3.07. The van der Waals surface area contributed by atoms with E-state index in [1.54, 1.807) is 12.1 Å². The Bertz CT molecular complexity index is 1220. The second-order valence-electron chi connectivity index (χ2n) is 7.32. The van der Waals surface area contributed by atoms with E-state index in [9.17, 15) is 17.6 Å². The highest BCUT2D eigenvalue weighted by Crippen LogP contribution is 2.27. The number of sulfone groups is 1. The molecular formula is C21H21FN4O3S. The minimum atomic E-state index is -3.61. The molecule has 0 spiro atoms. The van der Waals surface area contributed by atoms with E-state index in [-0.39, 0.29) is 16.1 Å². The molecule has 156 valence electrons. The Kier molecular flexibility index (Phi) is 5.38. The first-order valence-electron chi connectivity index (χ1n) is 9.67. The molecule has 2 heterocycles. The fraction of sp³-hybridized carbons (Fsp3) is 0.286. The number of aryl methyl sites for hydroxylation is 1. The third kappa shape index (κ3) is 3.97. The number of carbonyl (C=O) groups excluding carboxylic acids is 1. The Balaban J connectivity index is 1.68. The average molecular weight is 428 g/mol. The number of hydrogen-bond acceptors (Lipinski definition) is 5. The number of carbonyl (C=O) groups is 1. The van der Waals surface area contributed by atoms with Crippen LogP contribution in [0.5, 0.6) is 0 Å². The smallest absolute Gasteiger partial charge is 0.257 e. The van der Waals surface area contributed by atoms with Crippen molar-refractivity contribution in [3.8, 4) is 11.4 Å². The Morgan fingerprint density at radius 1 is 1.10 bits per heavy atom. The maximum atomic E-state index is 14.5. The molecule has 1 amide bonds. The lowest BCUT2D eigenvalue weighted by atomic mass is 10.1. The fourth-order valence-corrected chi connectivity index (χ4v) is 4.51. The van der Waals surface area contributed by atoms with Gasteiger partial charge in [-0.15, -0.1) is 10.2 Å². The predicted molar refractivity (Wildman–Crippen MR) is 110 cm³/mol. The summed E-state index contributed by atoms with van der Waals surface area (Å²) in [4.78, 5) is 12.6. The lowest BCUT2D eigenvalue weighted by Gasteiger charge is -2.12. The number of nitrogens with one attached hydrogen (secondary N) is 1. The van der Waals surface area contributed by atoms with Gasteiger partial charge in [0.1, 0.15) is 11.6 Å². The first-order chi connectivity index (χ1) is 14.3. The van der Waals surface area contributed by atoms with Crippen molar-refractivity contribution in [1.82, 2.24) is 14.8 Å². The van der Waals surface area contributed by atoms with E-state index < -0.39 is 21.6 Å². The largest absolute Gasteiger partial charge is 0.319 e. The van der Waals surface area contributed by atoms with Crippen LogP contribution >= 0.6 is 0 Å². The van der Waals surface area contributed by atoms with Crippen molar-refractivity contribution in [2.75, 3.05) is 11.6 Å². The average Bonchev–Trinajstić information content (AvgIpc) is 2.97. The molecule has 0 saturated heterocycles. The molecule has 9 heteroatoms. The van der Waals surface area contributed by atoms with E-state index in [4.69, 9.17) is 0 Å². The van der Waals surface area contributed by atoms with Crippen molar-refractivity contribution < 1.29 is 17.6 Å². The number of anilines is 1. The van der Waals surface area contributed by atoms with Crippen molar-refractivity contribution >= 4 is 21.4 Å². The van der Waals surface area contributed by atoms with Crippen molar-refractivity contribution in [3.63, 3.8) is 0 Å². The number of nitrogens with zero attached hydrogens (tertiary/aromatic N) is 3. The van der Waals surface area contributed by atoms with Gasteiger partial charge in [-0.1, -0.05) is 18.6 Å².